The van der Waals surface area contributed by atoms with E-state index in [0.717, 1.165) is 47.3 Å². The normalized spacial score (nSPS) is 31.4. The summed E-state index contributed by atoms with van der Waals surface area (Å²) < 4.78 is 0. The molecule has 5 aliphatic rings. The Bertz CT molecular complexity index is 619. The van der Waals surface area contributed by atoms with Crippen molar-refractivity contribution < 1.29 is 1.43 Å². The molecule has 0 aromatic heterocycles. The van der Waals surface area contributed by atoms with Crippen LogP contribution in [0.5, 0.6) is 0 Å². The van der Waals surface area contributed by atoms with E-state index in [4.69, 9.17) is 0 Å². The number of hydrogen-bond acceptors (Lipinski definition) is 0. The summed E-state index contributed by atoms with van der Waals surface area (Å²) in [5, 5.41) is 0. The van der Waals surface area contributed by atoms with Crippen LogP contribution in [0.15, 0.2) is 35.5 Å². The second kappa shape index (κ2) is 31.8. The first kappa shape index (κ1) is 53.7. The molecule has 0 spiro atoms. The summed E-state index contributed by atoms with van der Waals surface area (Å²) in [6.07, 6.45) is 32.1. The average molecular weight is 637 g/mol. The van der Waals surface area contributed by atoms with Crippen LogP contribution in [0.25, 0.3) is 0 Å². The minimum atomic E-state index is 0. The first-order valence-electron chi connectivity index (χ1n) is 17.9. The average Bonchev–Trinajstić information content (AvgIpc) is 2.94. The summed E-state index contributed by atoms with van der Waals surface area (Å²) >= 11 is 0. The molecule has 5 aliphatic carbocycles. The first-order chi connectivity index (χ1) is 18.9. The van der Waals surface area contributed by atoms with Crippen molar-refractivity contribution in [2.24, 2.45) is 47.3 Å². The van der Waals surface area contributed by atoms with E-state index in [1.54, 1.807) is 11.1 Å². The molecule has 0 N–H and O–H groups in total. The van der Waals surface area contributed by atoms with Gasteiger partial charge >= 0.3 is 0 Å². The molecule has 2 saturated carbocycles. The van der Waals surface area contributed by atoms with Crippen LogP contribution in [0.3, 0.4) is 0 Å². The van der Waals surface area contributed by atoms with Gasteiger partial charge < -0.3 is 0 Å². The Kier molecular flexibility index (Phi) is 37.9. The lowest BCUT2D eigenvalue weighted by Gasteiger charge is -2.22. The standard InChI is InChI=1S/2C8H16.3C8H14.5CH4.H2/c5*1-7-3-5-8(2)6-4-7;;;;;;/h2*7-8H,3-6H2,1-2H3;2*3,8H,4-6H2,1-2H3;3,5,7-8H,4,6H2,1-2H3;5*1H4;1H. The van der Waals surface area contributed by atoms with E-state index in [2.05, 4.69) is 93.5 Å². The number of hydrogen-bond donors (Lipinski definition) is 0. The van der Waals surface area contributed by atoms with Crippen molar-refractivity contribution in [3.63, 3.8) is 0 Å². The van der Waals surface area contributed by atoms with Gasteiger partial charge in [0.1, 0.15) is 0 Å². The van der Waals surface area contributed by atoms with Gasteiger partial charge in [0.25, 0.3) is 0 Å². The Hall–Kier alpha value is -0.780. The van der Waals surface area contributed by atoms with Crippen molar-refractivity contribution >= 4 is 0 Å². The summed E-state index contributed by atoms with van der Waals surface area (Å²) in [7, 11) is 0. The van der Waals surface area contributed by atoms with Gasteiger partial charge in [0, 0.05) is 1.43 Å². The van der Waals surface area contributed by atoms with Crippen LogP contribution in [-0.2, 0) is 0 Å². The van der Waals surface area contributed by atoms with Crippen molar-refractivity contribution in [2.45, 2.75) is 209 Å². The highest BCUT2D eigenvalue weighted by atomic mass is 14.2. The van der Waals surface area contributed by atoms with E-state index in [1.165, 1.54) is 103 Å². The van der Waals surface area contributed by atoms with Gasteiger partial charge in [-0.1, -0.05) is 179 Å². The largest absolute Gasteiger partial charge is 0.0854 e. The maximum atomic E-state index is 2.37. The Morgan fingerprint density at radius 1 is 0.378 bits per heavy atom. The highest BCUT2D eigenvalue weighted by molar-refractivity contribution is 5.02. The van der Waals surface area contributed by atoms with E-state index in [-0.39, 0.29) is 38.6 Å². The molecule has 0 aromatic rings. The molecule has 2 fully saturated rings. The molecule has 0 heteroatoms. The maximum absolute atomic E-state index is 2.37. The van der Waals surface area contributed by atoms with Crippen molar-refractivity contribution in [1.82, 2.24) is 0 Å². The van der Waals surface area contributed by atoms with Crippen LogP contribution < -0.4 is 0 Å². The quantitative estimate of drug-likeness (QED) is 0.232. The molecule has 276 valence electrons. The topological polar surface area (TPSA) is 0 Å². The zero-order chi connectivity index (χ0) is 29.9. The molecule has 0 amide bonds. The fourth-order valence-electron chi connectivity index (χ4n) is 6.14. The molecule has 0 radical (unpaired) electrons. The third-order valence-electron chi connectivity index (χ3n) is 10.3. The van der Waals surface area contributed by atoms with E-state index >= 15 is 0 Å². The molecule has 4 atom stereocenters. The highest BCUT2D eigenvalue weighted by Gasteiger charge is 2.14. The van der Waals surface area contributed by atoms with Gasteiger partial charge in [0.2, 0.25) is 0 Å². The van der Waals surface area contributed by atoms with Crippen LogP contribution >= 0.6 is 0 Å². The fraction of sp³-hybridized carbons (Fsp3) is 0.867. The molecular weight excluding hydrogens is 540 g/mol. The summed E-state index contributed by atoms with van der Waals surface area (Å²) in [5.74, 6) is 7.64. The molecule has 0 aromatic carbocycles. The van der Waals surface area contributed by atoms with E-state index in [9.17, 15) is 0 Å². The third-order valence-corrected chi connectivity index (χ3v) is 10.3. The zero-order valence-corrected chi connectivity index (χ0v) is 29.2. The second-order valence-electron chi connectivity index (χ2n) is 15.5. The van der Waals surface area contributed by atoms with Gasteiger partial charge in [0.05, 0.1) is 0 Å². The number of allylic oxidation sites excluding steroid dienone is 6. The van der Waals surface area contributed by atoms with E-state index in [1.807, 2.05) is 0 Å². The van der Waals surface area contributed by atoms with Gasteiger partial charge in [-0.25, -0.2) is 0 Å². The van der Waals surface area contributed by atoms with Gasteiger partial charge in [-0.15, -0.1) is 0 Å². The first-order valence-corrected chi connectivity index (χ1v) is 17.9. The van der Waals surface area contributed by atoms with Crippen LogP contribution in [0, 0.1) is 47.3 Å². The molecule has 0 saturated heterocycles. The van der Waals surface area contributed by atoms with Gasteiger partial charge in [-0.05, 0) is 113 Å². The van der Waals surface area contributed by atoms with Crippen molar-refractivity contribution in [1.29, 1.82) is 0 Å². The number of rotatable bonds is 0. The minimum absolute atomic E-state index is 0. The minimum Gasteiger partial charge on any atom is -0.0854 e. The smallest absolute Gasteiger partial charge is 0 e. The fourth-order valence-corrected chi connectivity index (χ4v) is 6.14. The van der Waals surface area contributed by atoms with Gasteiger partial charge in [-0.2, -0.15) is 0 Å². The summed E-state index contributed by atoms with van der Waals surface area (Å²) in [4.78, 5) is 0. The van der Waals surface area contributed by atoms with Crippen LogP contribution in [0.1, 0.15) is 211 Å². The summed E-state index contributed by atoms with van der Waals surface area (Å²) in [5.41, 5.74) is 3.17. The van der Waals surface area contributed by atoms with Crippen molar-refractivity contribution in [3.8, 4) is 0 Å². The Morgan fingerprint density at radius 2 is 0.622 bits per heavy atom. The van der Waals surface area contributed by atoms with Crippen LogP contribution in [0.4, 0.5) is 0 Å². The molecule has 45 heavy (non-hydrogen) atoms. The van der Waals surface area contributed by atoms with E-state index < -0.39 is 0 Å². The van der Waals surface area contributed by atoms with Gasteiger partial charge in [-0.3, -0.25) is 0 Å². The zero-order valence-electron chi connectivity index (χ0n) is 29.2. The summed E-state index contributed by atoms with van der Waals surface area (Å²) in [6, 6.07) is 0. The predicted octanol–water partition coefficient (Wildman–Crippen LogP) is 17.2. The highest BCUT2D eigenvalue weighted by Crippen LogP contribution is 2.28. The lowest BCUT2D eigenvalue weighted by Crippen LogP contribution is -2.08. The third kappa shape index (κ3) is 30.3. The molecule has 5 rings (SSSR count). The lowest BCUT2D eigenvalue weighted by molar-refractivity contribution is 0.308. The molecular formula is C45H96. The molecule has 0 aliphatic heterocycles. The Balaban J connectivity index is -0.000000105. The molecule has 0 heterocycles. The van der Waals surface area contributed by atoms with Crippen LogP contribution in [-0.4, -0.2) is 0 Å². The van der Waals surface area contributed by atoms with E-state index in [0.29, 0.717) is 0 Å². The summed E-state index contributed by atoms with van der Waals surface area (Å²) in [6.45, 7) is 23.1. The second-order valence-corrected chi connectivity index (χ2v) is 15.5. The Labute approximate surface area is 292 Å². The van der Waals surface area contributed by atoms with Gasteiger partial charge in [0.15, 0.2) is 0 Å². The monoisotopic (exact) mass is 637 g/mol. The maximum Gasteiger partial charge on any atom is 0 e. The molecule has 0 bridgehead atoms. The van der Waals surface area contributed by atoms with Crippen LogP contribution in [0.2, 0.25) is 0 Å². The predicted molar refractivity (Wildman–Crippen MR) is 220 cm³/mol. The van der Waals surface area contributed by atoms with Crippen molar-refractivity contribution in [3.05, 3.63) is 35.5 Å². The SMILES string of the molecule is C.C.C.C.C.CC1=CCC(C)CC1.CC1=CCC(C)CC1.CC1C=CC(C)CC1.CC1CCC(C)CC1.CC1CCC(C)CC1.[HH]. The van der Waals surface area contributed by atoms with Crippen molar-refractivity contribution in [2.75, 3.05) is 0 Å². The Morgan fingerprint density at radius 3 is 0.778 bits per heavy atom. The molecule has 0 nitrogen and oxygen atoms in total. The molecule has 4 unspecified atom stereocenters. The lowest BCUT2D eigenvalue weighted by atomic mass is 9.84.